The van der Waals surface area contributed by atoms with Crippen molar-refractivity contribution >= 4 is 39.2 Å². The lowest BCUT2D eigenvalue weighted by Gasteiger charge is -2.08. The molecule has 0 saturated heterocycles. The van der Waals surface area contributed by atoms with E-state index >= 15 is 0 Å². The van der Waals surface area contributed by atoms with Gasteiger partial charge in [0, 0.05) is 10.7 Å². The highest BCUT2D eigenvalue weighted by atomic mass is 79.9. The Hall–Kier alpha value is -2.02. The number of hydrogen-bond donors (Lipinski definition) is 2. The predicted molar refractivity (Wildman–Crippen MR) is 69.0 cm³/mol. The van der Waals surface area contributed by atoms with Crippen LogP contribution in [-0.4, -0.2) is 11.1 Å². The maximum absolute atomic E-state index is 10.8. The van der Waals surface area contributed by atoms with E-state index in [1.54, 1.807) is 12.1 Å². The molecule has 0 aliphatic rings. The molecule has 7 heteroatoms. The van der Waals surface area contributed by atoms with E-state index in [1.807, 2.05) is 0 Å². The molecule has 18 heavy (non-hydrogen) atoms. The highest BCUT2D eigenvalue weighted by Crippen LogP contribution is 2.32. The molecular weight excluding hydrogens is 321 g/mol. The van der Waals surface area contributed by atoms with Gasteiger partial charge in [0.2, 0.25) is 0 Å². The topological polar surface area (TPSA) is 96.9 Å². The molecule has 1 aromatic rings. The third kappa shape index (κ3) is 3.24. The third-order valence-corrected chi connectivity index (χ3v) is 2.81. The summed E-state index contributed by atoms with van der Waals surface area (Å²) in [5.74, 6) is -1.10. The number of halogens is 2. The Morgan fingerprint density at radius 2 is 2.06 bits per heavy atom. The molecule has 90 valence electrons. The van der Waals surface area contributed by atoms with E-state index in [0.717, 1.165) is 0 Å². The average Bonchev–Trinajstić information content (AvgIpc) is 2.32. The first-order valence-electron chi connectivity index (χ1n) is 4.48. The molecule has 0 aliphatic heterocycles. The largest absolute Gasteiger partial charge is 0.478 e. The standard InChI is InChI=1S/C11H5BrClN3O2/c12-8-1-7(11(17)18)2-9(13)10(8)16-5-6(3-14)4-15/h1-2,5,16H,(H,17,18). The van der Waals surface area contributed by atoms with Crippen LogP contribution >= 0.6 is 27.5 Å². The molecular formula is C11H5BrClN3O2. The molecule has 0 bridgehead atoms. The van der Waals surface area contributed by atoms with Crippen molar-refractivity contribution in [3.63, 3.8) is 0 Å². The fraction of sp³-hybridized carbons (Fsp3) is 0. The van der Waals surface area contributed by atoms with Crippen LogP contribution in [0.4, 0.5) is 5.69 Å². The molecule has 0 heterocycles. The minimum Gasteiger partial charge on any atom is -0.478 e. The van der Waals surface area contributed by atoms with Gasteiger partial charge in [-0.2, -0.15) is 10.5 Å². The minimum absolute atomic E-state index is 0.0298. The van der Waals surface area contributed by atoms with Crippen LogP contribution in [0.5, 0.6) is 0 Å². The summed E-state index contributed by atoms with van der Waals surface area (Å²) in [6.45, 7) is 0. The maximum Gasteiger partial charge on any atom is 0.335 e. The summed E-state index contributed by atoms with van der Waals surface area (Å²) in [6.07, 6.45) is 1.19. The van der Waals surface area contributed by atoms with E-state index in [9.17, 15) is 4.79 Å². The van der Waals surface area contributed by atoms with Crippen molar-refractivity contribution in [2.75, 3.05) is 5.32 Å². The highest BCUT2D eigenvalue weighted by molar-refractivity contribution is 9.10. The van der Waals surface area contributed by atoms with Gasteiger partial charge in [0.05, 0.1) is 16.3 Å². The van der Waals surface area contributed by atoms with Gasteiger partial charge in [-0.3, -0.25) is 0 Å². The predicted octanol–water partition coefficient (Wildman–Crippen LogP) is 3.14. The Kier molecular flexibility index (Phi) is 4.73. The Morgan fingerprint density at radius 1 is 1.44 bits per heavy atom. The molecule has 0 fully saturated rings. The molecule has 0 aliphatic carbocycles. The summed E-state index contributed by atoms with van der Waals surface area (Å²) in [7, 11) is 0. The number of rotatable bonds is 3. The van der Waals surface area contributed by atoms with Crippen molar-refractivity contribution in [2.24, 2.45) is 0 Å². The van der Waals surface area contributed by atoms with Crippen molar-refractivity contribution in [2.45, 2.75) is 0 Å². The van der Waals surface area contributed by atoms with Crippen molar-refractivity contribution in [1.82, 2.24) is 0 Å². The Balaban J connectivity index is 3.14. The molecule has 0 aromatic heterocycles. The second kappa shape index (κ2) is 6.06. The average molecular weight is 327 g/mol. The Bertz CT molecular complexity index is 575. The van der Waals surface area contributed by atoms with Gasteiger partial charge >= 0.3 is 5.97 Å². The summed E-state index contributed by atoms with van der Waals surface area (Å²) >= 11 is 9.05. The lowest BCUT2D eigenvalue weighted by atomic mass is 10.2. The molecule has 0 amide bonds. The van der Waals surface area contributed by atoms with E-state index < -0.39 is 5.97 Å². The third-order valence-electron chi connectivity index (χ3n) is 1.89. The zero-order valence-electron chi connectivity index (χ0n) is 8.74. The number of anilines is 1. The molecule has 2 N–H and O–H groups in total. The molecule has 0 unspecified atom stereocenters. The summed E-state index contributed by atoms with van der Waals surface area (Å²) < 4.78 is 0.416. The van der Waals surface area contributed by atoms with Crippen LogP contribution in [0.2, 0.25) is 5.02 Å². The highest BCUT2D eigenvalue weighted by Gasteiger charge is 2.11. The SMILES string of the molecule is N#CC(C#N)=CNc1c(Cl)cc(C(=O)O)cc1Br. The quantitative estimate of drug-likeness (QED) is 0.832. The van der Waals surface area contributed by atoms with Crippen LogP contribution < -0.4 is 5.32 Å². The monoisotopic (exact) mass is 325 g/mol. The zero-order valence-corrected chi connectivity index (χ0v) is 11.1. The van der Waals surface area contributed by atoms with Crippen molar-refractivity contribution in [3.05, 3.63) is 39.0 Å². The zero-order chi connectivity index (χ0) is 13.7. The van der Waals surface area contributed by atoms with E-state index in [0.29, 0.717) is 10.2 Å². The number of carboxylic acids is 1. The van der Waals surface area contributed by atoms with Gasteiger partial charge < -0.3 is 10.4 Å². The first-order valence-corrected chi connectivity index (χ1v) is 5.66. The smallest absolute Gasteiger partial charge is 0.335 e. The number of carboxylic acid groups (broad SMARTS) is 1. The number of nitrogens with one attached hydrogen (secondary N) is 1. The molecule has 0 spiro atoms. The van der Waals surface area contributed by atoms with Gasteiger partial charge in [-0.1, -0.05) is 11.6 Å². The molecule has 0 saturated carbocycles. The summed E-state index contributed by atoms with van der Waals surface area (Å²) in [4.78, 5) is 10.8. The van der Waals surface area contributed by atoms with Gasteiger partial charge in [0.1, 0.15) is 17.7 Å². The van der Waals surface area contributed by atoms with Crippen molar-refractivity contribution in [1.29, 1.82) is 10.5 Å². The molecule has 5 nitrogen and oxygen atoms in total. The molecule has 1 aromatic carbocycles. The normalized spacial score (nSPS) is 8.89. The van der Waals surface area contributed by atoms with Crippen molar-refractivity contribution < 1.29 is 9.90 Å². The Labute approximate surface area is 116 Å². The number of nitriles is 2. The lowest BCUT2D eigenvalue weighted by Crippen LogP contribution is -1.99. The molecule has 0 atom stereocenters. The summed E-state index contributed by atoms with van der Waals surface area (Å²) in [5.41, 5.74) is 0.284. The maximum atomic E-state index is 10.8. The van der Waals surface area contributed by atoms with E-state index in [-0.39, 0.29) is 16.2 Å². The number of nitrogens with zero attached hydrogens (tertiary/aromatic N) is 2. The Morgan fingerprint density at radius 3 is 2.50 bits per heavy atom. The number of allylic oxidation sites excluding steroid dienone is 1. The van der Waals surface area contributed by atoms with Crippen molar-refractivity contribution in [3.8, 4) is 12.1 Å². The number of aromatic carboxylic acids is 1. The van der Waals surface area contributed by atoms with Gasteiger partial charge in [-0.05, 0) is 28.1 Å². The number of carbonyl (C=O) groups is 1. The minimum atomic E-state index is -1.10. The first kappa shape index (κ1) is 14.0. The second-order valence-electron chi connectivity index (χ2n) is 3.05. The number of benzene rings is 1. The molecule has 1 rings (SSSR count). The fourth-order valence-corrected chi connectivity index (χ4v) is 2.03. The fourth-order valence-electron chi connectivity index (χ4n) is 1.07. The summed E-state index contributed by atoms with van der Waals surface area (Å²) in [5, 5.41) is 28.8. The molecule has 0 radical (unpaired) electrons. The van der Waals surface area contributed by atoms with E-state index in [1.165, 1.54) is 18.3 Å². The van der Waals surface area contributed by atoms with Crippen LogP contribution in [0.15, 0.2) is 28.4 Å². The van der Waals surface area contributed by atoms with Crippen LogP contribution in [0.1, 0.15) is 10.4 Å². The second-order valence-corrected chi connectivity index (χ2v) is 4.31. The first-order chi connectivity index (χ1) is 8.49. The van der Waals surface area contributed by atoms with Gasteiger partial charge in [0.25, 0.3) is 0 Å². The van der Waals surface area contributed by atoms with Crippen LogP contribution in [0.3, 0.4) is 0 Å². The number of hydrogen-bond acceptors (Lipinski definition) is 4. The van der Waals surface area contributed by atoms with Gasteiger partial charge in [0.15, 0.2) is 0 Å². The lowest BCUT2D eigenvalue weighted by molar-refractivity contribution is 0.0697. The summed E-state index contributed by atoms with van der Waals surface area (Å²) in [6, 6.07) is 5.98. The van der Waals surface area contributed by atoms with Crippen LogP contribution in [0, 0.1) is 22.7 Å². The van der Waals surface area contributed by atoms with Gasteiger partial charge in [-0.25, -0.2) is 4.79 Å². The van der Waals surface area contributed by atoms with Gasteiger partial charge in [-0.15, -0.1) is 0 Å². The van der Waals surface area contributed by atoms with E-state index in [2.05, 4.69) is 21.2 Å². The van der Waals surface area contributed by atoms with Crippen LogP contribution in [0.25, 0.3) is 0 Å². The van der Waals surface area contributed by atoms with Crippen LogP contribution in [-0.2, 0) is 0 Å². The van der Waals surface area contributed by atoms with E-state index in [4.69, 9.17) is 27.2 Å².